The summed E-state index contributed by atoms with van der Waals surface area (Å²) in [5.41, 5.74) is 2.48. The third kappa shape index (κ3) is 4.51. The van der Waals surface area contributed by atoms with Crippen molar-refractivity contribution in [2.24, 2.45) is 0 Å². The summed E-state index contributed by atoms with van der Waals surface area (Å²) in [4.78, 5) is 37.9. The minimum Gasteiger partial charge on any atom is -0.391 e. The molecule has 0 aliphatic carbocycles. The lowest BCUT2D eigenvalue weighted by atomic mass is 10.00. The van der Waals surface area contributed by atoms with E-state index in [-0.39, 0.29) is 42.0 Å². The van der Waals surface area contributed by atoms with Gasteiger partial charge in [-0.2, -0.15) is 0 Å². The summed E-state index contributed by atoms with van der Waals surface area (Å²) in [6.07, 6.45) is 0.222. The van der Waals surface area contributed by atoms with Gasteiger partial charge in [-0.15, -0.1) is 0 Å². The third-order valence-electron chi connectivity index (χ3n) is 5.42. The van der Waals surface area contributed by atoms with E-state index in [2.05, 4.69) is 0 Å². The minimum atomic E-state index is -0.786. The number of nitro groups is 1. The van der Waals surface area contributed by atoms with Gasteiger partial charge in [0.15, 0.2) is 5.78 Å². The first-order valence-electron chi connectivity index (χ1n) is 9.59. The van der Waals surface area contributed by atoms with Gasteiger partial charge in [-0.05, 0) is 31.9 Å². The molecule has 3 rings (SSSR count). The predicted octanol–water partition coefficient (Wildman–Crippen LogP) is 2.99. The number of amides is 1. The number of Topliss-reactive ketones (excluding diaryl/α,β-unsaturated/α-hetero) is 1. The number of carbonyl (C=O) groups excluding carboxylic acids is 2. The first kappa shape index (κ1) is 20.7. The highest BCUT2D eigenvalue weighted by atomic mass is 16.6. The maximum atomic E-state index is 13.1. The van der Waals surface area contributed by atoms with Crippen LogP contribution in [0, 0.1) is 24.0 Å². The number of aliphatic hydroxyl groups is 1. The summed E-state index contributed by atoms with van der Waals surface area (Å²) in [7, 11) is 0. The van der Waals surface area contributed by atoms with E-state index in [1.54, 1.807) is 0 Å². The lowest BCUT2D eigenvalue weighted by Crippen LogP contribution is -2.41. The summed E-state index contributed by atoms with van der Waals surface area (Å²) in [6, 6.07) is 11.5. The van der Waals surface area contributed by atoms with E-state index in [9.17, 15) is 24.8 Å². The summed E-state index contributed by atoms with van der Waals surface area (Å²) < 4.78 is 0. The summed E-state index contributed by atoms with van der Waals surface area (Å²) in [5.74, 6) is -0.574. The van der Waals surface area contributed by atoms with Crippen molar-refractivity contribution < 1.29 is 19.6 Å². The molecule has 0 bridgehead atoms. The van der Waals surface area contributed by atoms with E-state index >= 15 is 0 Å². The van der Waals surface area contributed by atoms with Crippen molar-refractivity contribution in [2.75, 3.05) is 6.54 Å². The lowest BCUT2D eigenvalue weighted by Gasteiger charge is -2.24. The fourth-order valence-corrected chi connectivity index (χ4v) is 3.74. The van der Waals surface area contributed by atoms with E-state index in [0.29, 0.717) is 6.42 Å². The number of hydrogen-bond acceptors (Lipinski definition) is 5. The van der Waals surface area contributed by atoms with Crippen LogP contribution in [0.25, 0.3) is 0 Å². The summed E-state index contributed by atoms with van der Waals surface area (Å²) in [5, 5.41) is 21.3. The Labute approximate surface area is 169 Å². The van der Waals surface area contributed by atoms with Gasteiger partial charge < -0.3 is 10.0 Å². The molecule has 1 aliphatic heterocycles. The van der Waals surface area contributed by atoms with Crippen LogP contribution < -0.4 is 0 Å². The van der Waals surface area contributed by atoms with E-state index in [1.165, 1.54) is 30.0 Å². The number of β-amino-alcohol motifs (C(OH)–C–C–N with tert-alkyl or cyclic N) is 1. The fraction of sp³-hybridized carbons (Fsp3) is 0.364. The molecule has 1 N–H and O–H groups in total. The lowest BCUT2D eigenvalue weighted by molar-refractivity contribution is -0.385. The Morgan fingerprint density at radius 3 is 2.52 bits per heavy atom. The van der Waals surface area contributed by atoms with Crippen molar-refractivity contribution in [3.05, 3.63) is 74.8 Å². The summed E-state index contributed by atoms with van der Waals surface area (Å²) in [6.45, 7) is 3.56. The standard InChI is InChI=1S/C22H24N2O5/c1-14-6-8-16(9-7-14)10-11-21(26)20-12-17(25)13-23(20)22(27)18-4-3-5-19(15(18)2)24(28)29/h3-9,17,20,25H,10-13H2,1-2H3/t17-,20+/m1/s1. The van der Waals surface area contributed by atoms with Crippen molar-refractivity contribution in [3.63, 3.8) is 0 Å². The quantitative estimate of drug-likeness (QED) is 0.598. The van der Waals surface area contributed by atoms with E-state index in [0.717, 1.165) is 11.1 Å². The number of rotatable bonds is 6. The van der Waals surface area contributed by atoms with E-state index in [4.69, 9.17) is 0 Å². The SMILES string of the molecule is Cc1ccc(CCC(=O)[C@@H]2C[C@@H](O)CN2C(=O)c2cccc([N+](=O)[O-])c2C)cc1. The van der Waals surface area contributed by atoms with Crippen LogP contribution in [-0.2, 0) is 11.2 Å². The van der Waals surface area contributed by atoms with Crippen LogP contribution in [0.15, 0.2) is 42.5 Å². The molecule has 0 spiro atoms. The first-order valence-corrected chi connectivity index (χ1v) is 9.59. The molecular formula is C22H24N2O5. The molecule has 0 saturated carbocycles. The molecule has 7 nitrogen and oxygen atoms in total. The van der Waals surface area contributed by atoms with Gasteiger partial charge in [-0.1, -0.05) is 35.9 Å². The largest absolute Gasteiger partial charge is 0.391 e. The van der Waals surface area contributed by atoms with Gasteiger partial charge in [0.05, 0.1) is 17.1 Å². The molecule has 0 unspecified atom stereocenters. The van der Waals surface area contributed by atoms with Crippen LogP contribution in [0.5, 0.6) is 0 Å². The third-order valence-corrected chi connectivity index (χ3v) is 5.42. The predicted molar refractivity (Wildman–Crippen MR) is 108 cm³/mol. The Morgan fingerprint density at radius 2 is 1.86 bits per heavy atom. The average molecular weight is 396 g/mol. The second kappa shape index (κ2) is 8.53. The van der Waals surface area contributed by atoms with Crippen LogP contribution in [0.2, 0.25) is 0 Å². The van der Waals surface area contributed by atoms with E-state index in [1.807, 2.05) is 31.2 Å². The molecule has 7 heteroatoms. The van der Waals surface area contributed by atoms with Gasteiger partial charge in [0, 0.05) is 36.6 Å². The normalized spacial score (nSPS) is 18.7. The van der Waals surface area contributed by atoms with Gasteiger partial charge in [0.1, 0.15) is 0 Å². The molecule has 1 heterocycles. The number of benzene rings is 2. The average Bonchev–Trinajstić information content (AvgIpc) is 3.08. The molecular weight excluding hydrogens is 372 g/mol. The van der Waals surface area contributed by atoms with Crippen molar-refractivity contribution in [3.8, 4) is 0 Å². The van der Waals surface area contributed by atoms with Crippen LogP contribution in [-0.4, -0.2) is 45.3 Å². The highest BCUT2D eigenvalue weighted by Crippen LogP contribution is 2.27. The van der Waals surface area contributed by atoms with Gasteiger partial charge in [-0.25, -0.2) is 0 Å². The molecule has 1 saturated heterocycles. The molecule has 1 amide bonds. The highest BCUT2D eigenvalue weighted by Gasteiger charge is 2.39. The molecule has 2 aromatic carbocycles. The smallest absolute Gasteiger partial charge is 0.273 e. The zero-order chi connectivity index (χ0) is 21.1. The molecule has 1 fully saturated rings. The molecule has 152 valence electrons. The zero-order valence-corrected chi connectivity index (χ0v) is 16.5. The van der Waals surface area contributed by atoms with Crippen molar-refractivity contribution >= 4 is 17.4 Å². The second-order valence-electron chi connectivity index (χ2n) is 7.52. The van der Waals surface area contributed by atoms with Gasteiger partial charge in [-0.3, -0.25) is 19.7 Å². The minimum absolute atomic E-state index is 0.0436. The Balaban J connectivity index is 1.76. The Kier molecular flexibility index (Phi) is 6.08. The Hall–Kier alpha value is -3.06. The number of nitrogens with zero attached hydrogens (tertiary/aromatic N) is 2. The van der Waals surface area contributed by atoms with Crippen molar-refractivity contribution in [1.29, 1.82) is 0 Å². The van der Waals surface area contributed by atoms with Crippen LogP contribution in [0.3, 0.4) is 0 Å². The number of aliphatic hydroxyl groups excluding tert-OH is 1. The van der Waals surface area contributed by atoms with Gasteiger partial charge in [0.2, 0.25) is 0 Å². The Morgan fingerprint density at radius 1 is 1.17 bits per heavy atom. The first-order chi connectivity index (χ1) is 13.8. The van der Waals surface area contributed by atoms with Crippen LogP contribution in [0.4, 0.5) is 5.69 Å². The van der Waals surface area contributed by atoms with Crippen LogP contribution in [0.1, 0.15) is 39.9 Å². The zero-order valence-electron chi connectivity index (χ0n) is 16.5. The number of ketones is 1. The monoisotopic (exact) mass is 396 g/mol. The van der Waals surface area contributed by atoms with E-state index < -0.39 is 23.0 Å². The molecule has 0 radical (unpaired) electrons. The topological polar surface area (TPSA) is 101 Å². The molecule has 2 atom stereocenters. The maximum Gasteiger partial charge on any atom is 0.273 e. The molecule has 29 heavy (non-hydrogen) atoms. The molecule has 1 aliphatic rings. The maximum absolute atomic E-state index is 13.1. The number of likely N-dealkylation sites (tertiary alicyclic amines) is 1. The Bertz CT molecular complexity index is 939. The van der Waals surface area contributed by atoms with Crippen molar-refractivity contribution in [1.82, 2.24) is 4.90 Å². The number of hydrogen-bond donors (Lipinski definition) is 1. The fourth-order valence-electron chi connectivity index (χ4n) is 3.74. The van der Waals surface area contributed by atoms with Crippen molar-refractivity contribution in [2.45, 2.75) is 45.3 Å². The number of carbonyl (C=O) groups is 2. The number of aryl methyl sites for hydroxylation is 2. The number of nitro benzene ring substituents is 1. The molecule has 2 aromatic rings. The van der Waals surface area contributed by atoms with Gasteiger partial charge in [0.25, 0.3) is 11.6 Å². The second-order valence-corrected chi connectivity index (χ2v) is 7.52. The van der Waals surface area contributed by atoms with Crippen LogP contribution >= 0.6 is 0 Å². The molecule has 0 aromatic heterocycles. The highest BCUT2D eigenvalue weighted by molar-refractivity contribution is 6.00. The van der Waals surface area contributed by atoms with Gasteiger partial charge >= 0.3 is 0 Å². The summed E-state index contributed by atoms with van der Waals surface area (Å²) >= 11 is 0.